The Kier molecular flexibility index (Phi) is 5.02. The fraction of sp³-hybridized carbons (Fsp3) is 0.235. The number of hydrogen-bond acceptors (Lipinski definition) is 3. The van der Waals surface area contributed by atoms with E-state index >= 15 is 0 Å². The van der Waals surface area contributed by atoms with Crippen LogP contribution in [0.25, 0.3) is 0 Å². The van der Waals surface area contributed by atoms with Gasteiger partial charge in [-0.15, -0.1) is 0 Å². The SMILES string of the molecule is COc1ccc(OCC(=O)c2cc(C)ccc2C)c(Br)c1. The van der Waals surface area contributed by atoms with Crippen LogP contribution in [0.15, 0.2) is 40.9 Å². The molecule has 0 bridgehead atoms. The fourth-order valence-electron chi connectivity index (χ4n) is 1.98. The van der Waals surface area contributed by atoms with Crippen molar-refractivity contribution in [1.82, 2.24) is 0 Å². The second kappa shape index (κ2) is 6.76. The maximum Gasteiger partial charge on any atom is 0.200 e. The molecule has 3 nitrogen and oxygen atoms in total. The Labute approximate surface area is 133 Å². The number of benzene rings is 2. The first-order valence-corrected chi connectivity index (χ1v) is 7.37. The third kappa shape index (κ3) is 3.85. The van der Waals surface area contributed by atoms with Gasteiger partial charge in [-0.25, -0.2) is 0 Å². The number of aryl methyl sites for hydroxylation is 2. The van der Waals surface area contributed by atoms with Crippen LogP contribution >= 0.6 is 15.9 Å². The summed E-state index contributed by atoms with van der Waals surface area (Å²) in [5.41, 5.74) is 2.73. The van der Waals surface area contributed by atoms with Crippen LogP contribution in [-0.4, -0.2) is 19.5 Å². The van der Waals surface area contributed by atoms with Crippen molar-refractivity contribution in [2.24, 2.45) is 0 Å². The quantitative estimate of drug-likeness (QED) is 0.754. The first kappa shape index (κ1) is 15.6. The second-order valence-electron chi connectivity index (χ2n) is 4.83. The summed E-state index contributed by atoms with van der Waals surface area (Å²) in [5, 5.41) is 0. The molecule has 0 radical (unpaired) electrons. The van der Waals surface area contributed by atoms with Gasteiger partial charge in [0, 0.05) is 5.56 Å². The van der Waals surface area contributed by atoms with E-state index in [1.54, 1.807) is 25.3 Å². The van der Waals surface area contributed by atoms with E-state index in [1.807, 2.05) is 32.0 Å². The van der Waals surface area contributed by atoms with Gasteiger partial charge in [0.2, 0.25) is 0 Å². The number of rotatable bonds is 5. The van der Waals surface area contributed by atoms with Crippen LogP contribution in [0.1, 0.15) is 21.5 Å². The van der Waals surface area contributed by atoms with Gasteiger partial charge in [-0.3, -0.25) is 4.79 Å². The van der Waals surface area contributed by atoms with Gasteiger partial charge in [0.05, 0.1) is 11.6 Å². The number of Topliss-reactive ketones (excluding diaryl/α,β-unsaturated/α-hetero) is 1. The molecule has 0 spiro atoms. The van der Waals surface area contributed by atoms with Gasteiger partial charge in [-0.05, 0) is 59.6 Å². The van der Waals surface area contributed by atoms with E-state index in [-0.39, 0.29) is 12.4 Å². The van der Waals surface area contributed by atoms with E-state index in [0.29, 0.717) is 11.3 Å². The predicted molar refractivity (Wildman–Crippen MR) is 86.4 cm³/mol. The van der Waals surface area contributed by atoms with Gasteiger partial charge in [0.15, 0.2) is 12.4 Å². The molecule has 21 heavy (non-hydrogen) atoms. The Bertz CT molecular complexity index is 665. The molecule has 2 aromatic carbocycles. The maximum absolute atomic E-state index is 12.3. The molecule has 0 saturated carbocycles. The predicted octanol–water partition coefficient (Wildman–Crippen LogP) is 4.34. The smallest absolute Gasteiger partial charge is 0.200 e. The van der Waals surface area contributed by atoms with E-state index in [0.717, 1.165) is 21.3 Å². The van der Waals surface area contributed by atoms with Crippen molar-refractivity contribution in [3.05, 3.63) is 57.6 Å². The van der Waals surface area contributed by atoms with Crippen LogP contribution in [0.3, 0.4) is 0 Å². The zero-order valence-corrected chi connectivity index (χ0v) is 13.9. The molecule has 0 aliphatic heterocycles. The highest BCUT2D eigenvalue weighted by Crippen LogP contribution is 2.29. The van der Waals surface area contributed by atoms with E-state index in [1.165, 1.54) is 0 Å². The molecule has 0 aliphatic carbocycles. The molecule has 0 atom stereocenters. The average molecular weight is 349 g/mol. The van der Waals surface area contributed by atoms with Crippen LogP contribution in [-0.2, 0) is 0 Å². The number of ether oxygens (including phenoxy) is 2. The molecule has 0 saturated heterocycles. The fourth-order valence-corrected chi connectivity index (χ4v) is 2.46. The molecule has 0 heterocycles. The summed E-state index contributed by atoms with van der Waals surface area (Å²) < 4.78 is 11.5. The van der Waals surface area contributed by atoms with Crippen molar-refractivity contribution >= 4 is 21.7 Å². The topological polar surface area (TPSA) is 35.5 Å². The van der Waals surface area contributed by atoms with Crippen molar-refractivity contribution < 1.29 is 14.3 Å². The first-order chi connectivity index (χ1) is 10.0. The lowest BCUT2D eigenvalue weighted by molar-refractivity contribution is 0.0920. The number of halogens is 1. The zero-order chi connectivity index (χ0) is 15.4. The third-order valence-electron chi connectivity index (χ3n) is 3.19. The molecule has 0 aromatic heterocycles. The molecule has 0 N–H and O–H groups in total. The summed E-state index contributed by atoms with van der Waals surface area (Å²) in [6.45, 7) is 3.91. The molecule has 0 unspecified atom stereocenters. The number of carbonyl (C=O) groups is 1. The van der Waals surface area contributed by atoms with Crippen molar-refractivity contribution in [3.8, 4) is 11.5 Å². The minimum absolute atomic E-state index is 0.00915. The van der Waals surface area contributed by atoms with Crippen LogP contribution in [0, 0.1) is 13.8 Å². The standard InChI is InChI=1S/C17H17BrO3/c1-11-4-5-12(2)14(8-11)16(19)10-21-17-7-6-13(20-3)9-15(17)18/h4-9H,10H2,1-3H3. The van der Waals surface area contributed by atoms with Gasteiger partial charge in [0.1, 0.15) is 11.5 Å². The zero-order valence-electron chi connectivity index (χ0n) is 12.3. The van der Waals surface area contributed by atoms with Crippen molar-refractivity contribution in [3.63, 3.8) is 0 Å². The van der Waals surface area contributed by atoms with Gasteiger partial charge in [-0.1, -0.05) is 17.7 Å². The minimum atomic E-state index is -0.0288. The highest BCUT2D eigenvalue weighted by Gasteiger charge is 2.11. The Morgan fingerprint density at radius 2 is 1.90 bits per heavy atom. The maximum atomic E-state index is 12.3. The Morgan fingerprint density at radius 1 is 1.14 bits per heavy atom. The summed E-state index contributed by atoms with van der Waals surface area (Å²) >= 11 is 3.40. The van der Waals surface area contributed by atoms with Crippen molar-refractivity contribution in [1.29, 1.82) is 0 Å². The van der Waals surface area contributed by atoms with Crippen molar-refractivity contribution in [2.75, 3.05) is 13.7 Å². The largest absolute Gasteiger partial charge is 0.497 e. The number of carbonyl (C=O) groups excluding carboxylic acids is 1. The molecule has 0 amide bonds. The number of methoxy groups -OCH3 is 1. The summed E-state index contributed by atoms with van der Waals surface area (Å²) in [7, 11) is 1.60. The van der Waals surface area contributed by atoms with Crippen LogP contribution in [0.5, 0.6) is 11.5 Å². The summed E-state index contributed by atoms with van der Waals surface area (Å²) in [5.74, 6) is 1.32. The summed E-state index contributed by atoms with van der Waals surface area (Å²) in [4.78, 5) is 12.3. The highest BCUT2D eigenvalue weighted by molar-refractivity contribution is 9.10. The molecule has 0 fully saturated rings. The van der Waals surface area contributed by atoms with Crippen LogP contribution < -0.4 is 9.47 Å². The summed E-state index contributed by atoms with van der Waals surface area (Å²) in [6.07, 6.45) is 0. The van der Waals surface area contributed by atoms with Gasteiger partial charge in [-0.2, -0.15) is 0 Å². The highest BCUT2D eigenvalue weighted by atomic mass is 79.9. The van der Waals surface area contributed by atoms with Crippen LogP contribution in [0.2, 0.25) is 0 Å². The molecular formula is C17H17BrO3. The minimum Gasteiger partial charge on any atom is -0.497 e. The molecule has 110 valence electrons. The lowest BCUT2D eigenvalue weighted by Gasteiger charge is -2.10. The van der Waals surface area contributed by atoms with Gasteiger partial charge >= 0.3 is 0 Å². The van der Waals surface area contributed by atoms with E-state index < -0.39 is 0 Å². The number of ketones is 1. The average Bonchev–Trinajstić information content (AvgIpc) is 2.48. The van der Waals surface area contributed by atoms with Crippen molar-refractivity contribution in [2.45, 2.75) is 13.8 Å². The molecule has 2 rings (SSSR count). The Balaban J connectivity index is 2.09. The second-order valence-corrected chi connectivity index (χ2v) is 5.68. The third-order valence-corrected chi connectivity index (χ3v) is 3.81. The van der Waals surface area contributed by atoms with Crippen LogP contribution in [0.4, 0.5) is 0 Å². The Hall–Kier alpha value is -1.81. The molecule has 0 aliphatic rings. The van der Waals surface area contributed by atoms with E-state index in [9.17, 15) is 4.79 Å². The lowest BCUT2D eigenvalue weighted by Crippen LogP contribution is -2.13. The normalized spacial score (nSPS) is 10.3. The Morgan fingerprint density at radius 3 is 2.57 bits per heavy atom. The number of hydrogen-bond donors (Lipinski definition) is 0. The van der Waals surface area contributed by atoms with Gasteiger partial charge < -0.3 is 9.47 Å². The van der Waals surface area contributed by atoms with Gasteiger partial charge in [0.25, 0.3) is 0 Å². The lowest BCUT2D eigenvalue weighted by atomic mass is 10.0. The molecule has 4 heteroatoms. The monoisotopic (exact) mass is 348 g/mol. The molecular weight excluding hydrogens is 332 g/mol. The van der Waals surface area contributed by atoms with E-state index in [4.69, 9.17) is 9.47 Å². The first-order valence-electron chi connectivity index (χ1n) is 6.58. The van der Waals surface area contributed by atoms with E-state index in [2.05, 4.69) is 15.9 Å². The molecule has 2 aromatic rings. The summed E-state index contributed by atoms with van der Waals surface area (Å²) in [6, 6.07) is 11.2.